The molecule has 1 atom stereocenters. The number of aliphatic hydroxyl groups excluding tert-OH is 1. The highest BCUT2D eigenvalue weighted by Crippen LogP contribution is 2.28. The standard InChI is InChI=1S/C13H17NO2/c1-9-4-3-5-12(10(9)2)14-7-11(8-15)6-13(14)16/h3-5,11,15H,6-8H2,1-2H3. The van der Waals surface area contributed by atoms with Crippen LogP contribution in [0, 0.1) is 19.8 Å². The molecular weight excluding hydrogens is 202 g/mol. The van der Waals surface area contributed by atoms with Gasteiger partial charge in [0.15, 0.2) is 0 Å². The van der Waals surface area contributed by atoms with Gasteiger partial charge in [0, 0.05) is 31.2 Å². The topological polar surface area (TPSA) is 40.5 Å². The first-order chi connectivity index (χ1) is 7.63. The number of benzene rings is 1. The molecule has 2 rings (SSSR count). The van der Waals surface area contributed by atoms with Crippen LogP contribution in [0.1, 0.15) is 17.5 Å². The average Bonchev–Trinajstić information content (AvgIpc) is 2.64. The lowest BCUT2D eigenvalue weighted by atomic mass is 10.1. The van der Waals surface area contributed by atoms with Gasteiger partial charge in [0.05, 0.1) is 0 Å². The molecule has 3 heteroatoms. The van der Waals surface area contributed by atoms with Gasteiger partial charge in [-0.2, -0.15) is 0 Å². The van der Waals surface area contributed by atoms with Crippen LogP contribution >= 0.6 is 0 Å². The zero-order valence-corrected chi connectivity index (χ0v) is 9.73. The maximum absolute atomic E-state index is 11.8. The number of hydrogen-bond acceptors (Lipinski definition) is 2. The van der Waals surface area contributed by atoms with Crippen molar-refractivity contribution in [2.45, 2.75) is 20.3 Å². The van der Waals surface area contributed by atoms with Gasteiger partial charge in [0.1, 0.15) is 0 Å². The highest BCUT2D eigenvalue weighted by atomic mass is 16.3. The predicted molar refractivity (Wildman–Crippen MR) is 63.5 cm³/mol. The Kier molecular flexibility index (Phi) is 2.97. The van der Waals surface area contributed by atoms with Crippen LogP contribution in [0.5, 0.6) is 0 Å². The van der Waals surface area contributed by atoms with Crippen LogP contribution in [-0.4, -0.2) is 24.2 Å². The molecule has 0 radical (unpaired) electrons. The van der Waals surface area contributed by atoms with Gasteiger partial charge in [-0.15, -0.1) is 0 Å². The van der Waals surface area contributed by atoms with E-state index < -0.39 is 0 Å². The van der Waals surface area contributed by atoms with E-state index in [1.807, 2.05) is 32.0 Å². The third kappa shape index (κ3) is 1.83. The summed E-state index contributed by atoms with van der Waals surface area (Å²) in [6.45, 7) is 4.81. The summed E-state index contributed by atoms with van der Waals surface area (Å²) < 4.78 is 0. The molecule has 0 aromatic heterocycles. The minimum absolute atomic E-state index is 0.0902. The number of aliphatic hydroxyl groups is 1. The van der Waals surface area contributed by atoms with E-state index in [1.165, 1.54) is 5.56 Å². The molecular formula is C13H17NO2. The Labute approximate surface area is 95.7 Å². The number of nitrogens with zero attached hydrogens (tertiary/aromatic N) is 1. The second-order valence-electron chi connectivity index (χ2n) is 4.48. The van der Waals surface area contributed by atoms with Crippen LogP contribution in [0.25, 0.3) is 0 Å². The van der Waals surface area contributed by atoms with Gasteiger partial charge in [-0.3, -0.25) is 4.79 Å². The van der Waals surface area contributed by atoms with E-state index in [0.717, 1.165) is 11.3 Å². The second-order valence-corrected chi connectivity index (χ2v) is 4.48. The van der Waals surface area contributed by atoms with Crippen LogP contribution in [0.4, 0.5) is 5.69 Å². The Bertz CT molecular complexity index is 414. The molecule has 0 bridgehead atoms. The lowest BCUT2D eigenvalue weighted by Gasteiger charge is -2.20. The first-order valence-corrected chi connectivity index (χ1v) is 5.61. The number of aryl methyl sites for hydroxylation is 1. The molecule has 1 aliphatic heterocycles. The molecule has 1 fully saturated rings. The number of carbonyl (C=O) groups is 1. The van der Waals surface area contributed by atoms with E-state index in [4.69, 9.17) is 5.11 Å². The minimum atomic E-state index is 0.0902. The molecule has 16 heavy (non-hydrogen) atoms. The number of hydrogen-bond donors (Lipinski definition) is 1. The van der Waals surface area contributed by atoms with Crippen molar-refractivity contribution in [1.29, 1.82) is 0 Å². The van der Waals surface area contributed by atoms with Crippen LogP contribution in [-0.2, 0) is 4.79 Å². The summed E-state index contributed by atoms with van der Waals surface area (Å²) in [6, 6.07) is 5.99. The number of amides is 1. The van der Waals surface area contributed by atoms with E-state index in [0.29, 0.717) is 13.0 Å². The predicted octanol–water partition coefficient (Wildman–Crippen LogP) is 1.65. The Morgan fingerprint density at radius 2 is 2.19 bits per heavy atom. The summed E-state index contributed by atoms with van der Waals surface area (Å²) in [7, 11) is 0. The van der Waals surface area contributed by atoms with E-state index in [-0.39, 0.29) is 18.4 Å². The molecule has 1 unspecified atom stereocenters. The molecule has 1 amide bonds. The van der Waals surface area contributed by atoms with Crippen LogP contribution < -0.4 is 4.90 Å². The van der Waals surface area contributed by atoms with E-state index in [9.17, 15) is 4.79 Å². The van der Waals surface area contributed by atoms with Crippen molar-refractivity contribution in [3.63, 3.8) is 0 Å². The maximum Gasteiger partial charge on any atom is 0.227 e. The third-order valence-electron chi connectivity index (χ3n) is 3.33. The number of rotatable bonds is 2. The molecule has 1 saturated heterocycles. The molecule has 1 aliphatic rings. The van der Waals surface area contributed by atoms with E-state index >= 15 is 0 Å². The van der Waals surface area contributed by atoms with Crippen LogP contribution in [0.3, 0.4) is 0 Å². The second kappa shape index (κ2) is 4.26. The summed E-state index contributed by atoms with van der Waals surface area (Å²) in [5.74, 6) is 0.208. The maximum atomic E-state index is 11.8. The Hall–Kier alpha value is -1.35. The van der Waals surface area contributed by atoms with Gasteiger partial charge in [-0.05, 0) is 31.0 Å². The van der Waals surface area contributed by atoms with Crippen molar-refractivity contribution in [2.75, 3.05) is 18.1 Å². The van der Waals surface area contributed by atoms with Gasteiger partial charge in [0.2, 0.25) is 5.91 Å². The zero-order valence-electron chi connectivity index (χ0n) is 9.73. The SMILES string of the molecule is Cc1cccc(N2CC(CO)CC2=O)c1C. The summed E-state index contributed by atoms with van der Waals surface area (Å²) in [4.78, 5) is 13.6. The molecule has 0 spiro atoms. The van der Waals surface area contributed by atoms with Crippen molar-refractivity contribution in [2.24, 2.45) is 5.92 Å². The molecule has 1 aromatic carbocycles. The van der Waals surface area contributed by atoms with Crippen molar-refractivity contribution >= 4 is 11.6 Å². The molecule has 0 aliphatic carbocycles. The lowest BCUT2D eigenvalue weighted by molar-refractivity contribution is -0.117. The Balaban J connectivity index is 2.31. The fourth-order valence-electron chi connectivity index (χ4n) is 2.16. The largest absolute Gasteiger partial charge is 0.396 e. The first-order valence-electron chi connectivity index (χ1n) is 5.61. The number of anilines is 1. The monoisotopic (exact) mass is 219 g/mol. The summed E-state index contributed by atoms with van der Waals surface area (Å²) in [5.41, 5.74) is 3.33. The molecule has 3 nitrogen and oxygen atoms in total. The normalized spacial score (nSPS) is 20.6. The van der Waals surface area contributed by atoms with E-state index in [1.54, 1.807) is 4.90 Å². The van der Waals surface area contributed by atoms with Crippen LogP contribution in [0.15, 0.2) is 18.2 Å². The first kappa shape index (κ1) is 11.1. The Morgan fingerprint density at radius 3 is 2.81 bits per heavy atom. The number of carbonyl (C=O) groups excluding carboxylic acids is 1. The van der Waals surface area contributed by atoms with Gasteiger partial charge in [0.25, 0.3) is 0 Å². The van der Waals surface area contributed by atoms with Gasteiger partial charge >= 0.3 is 0 Å². The highest BCUT2D eigenvalue weighted by molar-refractivity contribution is 5.96. The summed E-state index contributed by atoms with van der Waals surface area (Å²) in [5, 5.41) is 9.09. The van der Waals surface area contributed by atoms with Gasteiger partial charge < -0.3 is 10.0 Å². The molecule has 1 heterocycles. The Morgan fingerprint density at radius 1 is 1.44 bits per heavy atom. The minimum Gasteiger partial charge on any atom is -0.396 e. The fraction of sp³-hybridized carbons (Fsp3) is 0.462. The smallest absolute Gasteiger partial charge is 0.227 e. The van der Waals surface area contributed by atoms with Crippen molar-refractivity contribution < 1.29 is 9.90 Å². The van der Waals surface area contributed by atoms with Crippen molar-refractivity contribution in [1.82, 2.24) is 0 Å². The van der Waals surface area contributed by atoms with E-state index in [2.05, 4.69) is 0 Å². The van der Waals surface area contributed by atoms with Crippen molar-refractivity contribution in [3.8, 4) is 0 Å². The lowest BCUT2D eigenvalue weighted by Crippen LogP contribution is -2.25. The molecule has 0 saturated carbocycles. The van der Waals surface area contributed by atoms with Gasteiger partial charge in [-0.25, -0.2) is 0 Å². The van der Waals surface area contributed by atoms with Crippen molar-refractivity contribution in [3.05, 3.63) is 29.3 Å². The average molecular weight is 219 g/mol. The summed E-state index contributed by atoms with van der Waals surface area (Å²) >= 11 is 0. The van der Waals surface area contributed by atoms with Crippen LogP contribution in [0.2, 0.25) is 0 Å². The molecule has 86 valence electrons. The third-order valence-corrected chi connectivity index (χ3v) is 3.33. The fourth-order valence-corrected chi connectivity index (χ4v) is 2.16. The molecule has 1 N–H and O–H groups in total. The van der Waals surface area contributed by atoms with Gasteiger partial charge in [-0.1, -0.05) is 12.1 Å². The highest BCUT2D eigenvalue weighted by Gasteiger charge is 2.30. The quantitative estimate of drug-likeness (QED) is 0.821. The summed E-state index contributed by atoms with van der Waals surface area (Å²) in [6.07, 6.45) is 0.462. The molecule has 1 aromatic rings. The zero-order chi connectivity index (χ0) is 11.7.